The van der Waals surface area contributed by atoms with Crippen LogP contribution in [0, 0.1) is 0 Å². The number of hydrogen-bond acceptors (Lipinski definition) is 2. The van der Waals surface area contributed by atoms with Crippen molar-refractivity contribution in [3.05, 3.63) is 30.1 Å². The highest BCUT2D eigenvalue weighted by molar-refractivity contribution is 5.09. The fraction of sp³-hybridized carbons (Fsp3) is 0.545. The first-order valence-corrected chi connectivity index (χ1v) is 5.03. The Bertz CT molecular complexity index is 214. The van der Waals surface area contributed by atoms with Crippen LogP contribution >= 0.6 is 0 Å². The molecule has 1 aromatic rings. The Morgan fingerprint density at radius 3 is 2.77 bits per heavy atom. The number of unbranched alkanes of at least 4 members (excludes halogenated alkanes) is 1. The van der Waals surface area contributed by atoms with Gasteiger partial charge >= 0.3 is 0 Å². The molecule has 0 radical (unpaired) electrons. The van der Waals surface area contributed by atoms with Crippen LogP contribution in [0.5, 0.6) is 0 Å². The Balaban J connectivity index is 0.00000169. The summed E-state index contributed by atoms with van der Waals surface area (Å²) in [4.78, 5) is 3.98. The zero-order chi connectivity index (χ0) is 9.36. The average molecular weight is 180 g/mol. The van der Waals surface area contributed by atoms with Gasteiger partial charge in [0.05, 0.1) is 0 Å². The first kappa shape index (κ1) is 10.2. The van der Waals surface area contributed by atoms with E-state index in [-0.39, 0.29) is 1.43 Å². The van der Waals surface area contributed by atoms with Crippen LogP contribution in [0.3, 0.4) is 0 Å². The molecule has 74 valence electrons. The predicted octanol–water partition coefficient (Wildman–Crippen LogP) is 2.26. The van der Waals surface area contributed by atoms with Gasteiger partial charge < -0.3 is 5.32 Å². The molecule has 13 heavy (non-hydrogen) atoms. The van der Waals surface area contributed by atoms with Crippen LogP contribution in [0.4, 0.5) is 0 Å². The quantitative estimate of drug-likeness (QED) is 0.679. The standard InChI is InChI=1S/C11H18N2.H2/c1-2-3-7-12-8-4-11-5-9-13-10-6-11;/h5-6,9-10,12H,2-4,7-8H2,1H3;1H. The molecule has 1 heterocycles. The topological polar surface area (TPSA) is 24.9 Å². The second-order valence-electron chi connectivity index (χ2n) is 3.21. The largest absolute Gasteiger partial charge is 0.316 e. The molecule has 1 aromatic heterocycles. The zero-order valence-electron chi connectivity index (χ0n) is 8.29. The Morgan fingerprint density at radius 2 is 2.08 bits per heavy atom. The number of pyridine rings is 1. The van der Waals surface area contributed by atoms with Crippen molar-refractivity contribution >= 4 is 0 Å². The average Bonchev–Trinajstić information content (AvgIpc) is 2.19. The fourth-order valence-corrected chi connectivity index (χ4v) is 1.21. The molecule has 0 spiro atoms. The van der Waals surface area contributed by atoms with Crippen LogP contribution in [-0.2, 0) is 6.42 Å². The summed E-state index contributed by atoms with van der Waals surface area (Å²) in [6, 6.07) is 4.14. The third-order valence-electron chi connectivity index (χ3n) is 2.05. The van der Waals surface area contributed by atoms with E-state index in [1.54, 1.807) is 0 Å². The van der Waals surface area contributed by atoms with Crippen LogP contribution in [-0.4, -0.2) is 18.1 Å². The van der Waals surface area contributed by atoms with E-state index in [9.17, 15) is 0 Å². The molecular formula is C11H20N2. The summed E-state index contributed by atoms with van der Waals surface area (Å²) in [5.74, 6) is 0. The lowest BCUT2D eigenvalue weighted by Gasteiger charge is -2.02. The Labute approximate surface area is 81.9 Å². The summed E-state index contributed by atoms with van der Waals surface area (Å²) >= 11 is 0. The van der Waals surface area contributed by atoms with Crippen molar-refractivity contribution in [3.63, 3.8) is 0 Å². The van der Waals surface area contributed by atoms with Crippen molar-refractivity contribution in [3.8, 4) is 0 Å². The Hall–Kier alpha value is -0.890. The molecule has 0 aliphatic carbocycles. The molecule has 1 N–H and O–H groups in total. The lowest BCUT2D eigenvalue weighted by molar-refractivity contribution is 0.640. The maximum absolute atomic E-state index is 3.98. The second-order valence-corrected chi connectivity index (χ2v) is 3.21. The maximum atomic E-state index is 3.98. The van der Waals surface area contributed by atoms with Gasteiger partial charge in [-0.1, -0.05) is 13.3 Å². The van der Waals surface area contributed by atoms with Gasteiger partial charge in [-0.25, -0.2) is 0 Å². The summed E-state index contributed by atoms with van der Waals surface area (Å²) in [6.45, 7) is 4.43. The maximum Gasteiger partial charge on any atom is 0.0270 e. The molecule has 1 rings (SSSR count). The molecule has 2 heteroatoms. The molecule has 0 aliphatic heterocycles. The van der Waals surface area contributed by atoms with E-state index < -0.39 is 0 Å². The van der Waals surface area contributed by atoms with E-state index in [1.165, 1.54) is 18.4 Å². The van der Waals surface area contributed by atoms with E-state index >= 15 is 0 Å². The third kappa shape index (κ3) is 4.63. The Kier molecular flexibility index (Phi) is 5.18. The van der Waals surface area contributed by atoms with E-state index in [1.807, 2.05) is 12.4 Å². The van der Waals surface area contributed by atoms with Gasteiger partial charge in [-0.2, -0.15) is 0 Å². The highest BCUT2D eigenvalue weighted by atomic mass is 14.8. The minimum Gasteiger partial charge on any atom is -0.316 e. The van der Waals surface area contributed by atoms with Gasteiger partial charge in [-0.05, 0) is 43.6 Å². The van der Waals surface area contributed by atoms with Crippen molar-refractivity contribution in [2.75, 3.05) is 13.1 Å². The summed E-state index contributed by atoms with van der Waals surface area (Å²) in [5, 5.41) is 3.41. The minimum atomic E-state index is 0. The number of nitrogens with one attached hydrogen (secondary N) is 1. The van der Waals surface area contributed by atoms with Crippen molar-refractivity contribution in [1.82, 2.24) is 10.3 Å². The van der Waals surface area contributed by atoms with Gasteiger partial charge in [0.1, 0.15) is 0 Å². The smallest absolute Gasteiger partial charge is 0.0270 e. The molecular weight excluding hydrogens is 160 g/mol. The molecule has 0 saturated heterocycles. The summed E-state index contributed by atoms with van der Waals surface area (Å²) < 4.78 is 0. The minimum absolute atomic E-state index is 0. The van der Waals surface area contributed by atoms with E-state index in [2.05, 4.69) is 29.4 Å². The molecule has 0 aromatic carbocycles. The first-order valence-electron chi connectivity index (χ1n) is 5.03. The molecule has 0 fully saturated rings. The van der Waals surface area contributed by atoms with Crippen LogP contribution in [0.15, 0.2) is 24.5 Å². The number of nitrogens with zero attached hydrogens (tertiary/aromatic N) is 1. The lowest BCUT2D eigenvalue weighted by Crippen LogP contribution is -2.18. The van der Waals surface area contributed by atoms with Crippen LogP contribution < -0.4 is 5.32 Å². The normalized spacial score (nSPS) is 10.2. The van der Waals surface area contributed by atoms with Gasteiger partial charge in [0.2, 0.25) is 0 Å². The van der Waals surface area contributed by atoms with Gasteiger partial charge in [-0.15, -0.1) is 0 Å². The molecule has 0 unspecified atom stereocenters. The van der Waals surface area contributed by atoms with Crippen LogP contribution in [0.2, 0.25) is 0 Å². The lowest BCUT2D eigenvalue weighted by atomic mass is 10.2. The van der Waals surface area contributed by atoms with Gasteiger partial charge in [0.15, 0.2) is 0 Å². The first-order chi connectivity index (χ1) is 6.43. The van der Waals surface area contributed by atoms with Crippen LogP contribution in [0.1, 0.15) is 26.8 Å². The number of rotatable bonds is 6. The molecule has 2 nitrogen and oxygen atoms in total. The van der Waals surface area contributed by atoms with E-state index in [4.69, 9.17) is 0 Å². The van der Waals surface area contributed by atoms with Crippen LogP contribution in [0.25, 0.3) is 0 Å². The second kappa shape index (κ2) is 6.61. The van der Waals surface area contributed by atoms with Gasteiger partial charge in [0, 0.05) is 13.8 Å². The van der Waals surface area contributed by atoms with Crippen molar-refractivity contribution < 1.29 is 1.43 Å². The molecule has 0 atom stereocenters. The molecule has 0 bridgehead atoms. The SMILES string of the molecule is CCCCNCCc1ccncc1.[HH]. The van der Waals surface area contributed by atoms with Crippen molar-refractivity contribution in [2.45, 2.75) is 26.2 Å². The van der Waals surface area contributed by atoms with E-state index in [0.717, 1.165) is 19.5 Å². The summed E-state index contributed by atoms with van der Waals surface area (Å²) in [7, 11) is 0. The van der Waals surface area contributed by atoms with Gasteiger partial charge in [0.25, 0.3) is 0 Å². The zero-order valence-corrected chi connectivity index (χ0v) is 8.29. The molecule has 0 saturated carbocycles. The highest BCUT2D eigenvalue weighted by Crippen LogP contribution is 1.95. The van der Waals surface area contributed by atoms with E-state index in [0.29, 0.717) is 0 Å². The summed E-state index contributed by atoms with van der Waals surface area (Å²) in [6.07, 6.45) is 7.34. The van der Waals surface area contributed by atoms with Crippen molar-refractivity contribution in [2.24, 2.45) is 0 Å². The molecule has 0 aliphatic rings. The summed E-state index contributed by atoms with van der Waals surface area (Å²) in [5.41, 5.74) is 1.36. The Morgan fingerprint density at radius 1 is 1.31 bits per heavy atom. The highest BCUT2D eigenvalue weighted by Gasteiger charge is 1.90. The van der Waals surface area contributed by atoms with Gasteiger partial charge in [-0.3, -0.25) is 4.98 Å². The number of aromatic nitrogens is 1. The number of hydrogen-bond donors (Lipinski definition) is 1. The monoisotopic (exact) mass is 180 g/mol. The molecule has 0 amide bonds. The van der Waals surface area contributed by atoms with Crippen molar-refractivity contribution in [1.29, 1.82) is 0 Å². The third-order valence-corrected chi connectivity index (χ3v) is 2.05. The fourth-order valence-electron chi connectivity index (χ4n) is 1.21. The predicted molar refractivity (Wildman–Crippen MR) is 57.8 cm³/mol.